The molecular formula is C21H26N2O3S. The smallest absolute Gasteiger partial charge is 0.307 e. The Bertz CT molecular complexity index is 754. The summed E-state index contributed by atoms with van der Waals surface area (Å²) in [5.41, 5.74) is 2.03. The lowest BCUT2D eigenvalue weighted by Gasteiger charge is -2.28. The molecule has 1 aliphatic carbocycles. The zero-order chi connectivity index (χ0) is 19.1. The first-order valence-corrected chi connectivity index (χ1v) is 10.4. The zero-order valence-electron chi connectivity index (χ0n) is 15.7. The maximum atomic E-state index is 12.9. The van der Waals surface area contributed by atoms with E-state index in [2.05, 4.69) is 17.1 Å². The van der Waals surface area contributed by atoms with Crippen molar-refractivity contribution in [2.45, 2.75) is 51.0 Å². The van der Waals surface area contributed by atoms with Gasteiger partial charge in [0.2, 0.25) is 5.91 Å². The van der Waals surface area contributed by atoms with E-state index in [1.54, 1.807) is 11.3 Å². The van der Waals surface area contributed by atoms with E-state index >= 15 is 0 Å². The van der Waals surface area contributed by atoms with Crippen LogP contribution in [0.15, 0.2) is 35.7 Å². The fourth-order valence-electron chi connectivity index (χ4n) is 3.58. The topological polar surface area (TPSA) is 59.5 Å². The molecule has 0 bridgehead atoms. The summed E-state index contributed by atoms with van der Waals surface area (Å²) in [4.78, 5) is 30.9. The Hall–Kier alpha value is -2.21. The van der Waals surface area contributed by atoms with Gasteiger partial charge in [0, 0.05) is 24.4 Å². The molecule has 1 saturated carbocycles. The lowest BCUT2D eigenvalue weighted by atomic mass is 10.1. The van der Waals surface area contributed by atoms with Crippen molar-refractivity contribution in [3.8, 4) is 0 Å². The highest BCUT2D eigenvalue weighted by Gasteiger charge is 2.27. The molecule has 27 heavy (non-hydrogen) atoms. The van der Waals surface area contributed by atoms with Gasteiger partial charge in [0.05, 0.1) is 30.7 Å². The molecule has 0 N–H and O–H groups in total. The third-order valence-corrected chi connectivity index (χ3v) is 5.90. The molecule has 5 nitrogen and oxygen atoms in total. The number of carbonyl (C=O) groups is 2. The van der Waals surface area contributed by atoms with Crippen molar-refractivity contribution in [1.82, 2.24) is 9.88 Å². The number of esters is 1. The molecule has 1 aromatic heterocycles. The van der Waals surface area contributed by atoms with E-state index in [4.69, 9.17) is 4.74 Å². The number of thiazole rings is 1. The van der Waals surface area contributed by atoms with E-state index in [0.29, 0.717) is 13.0 Å². The molecule has 0 atom stereocenters. The Balaban J connectivity index is 1.61. The summed E-state index contributed by atoms with van der Waals surface area (Å²) in [6.07, 6.45) is 5.65. The summed E-state index contributed by atoms with van der Waals surface area (Å²) in [5.74, 6) is -0.216. The zero-order valence-corrected chi connectivity index (χ0v) is 16.5. The second-order valence-corrected chi connectivity index (χ2v) is 7.87. The first-order chi connectivity index (χ1) is 13.2. The van der Waals surface area contributed by atoms with Gasteiger partial charge in [-0.1, -0.05) is 43.2 Å². The SMILES string of the molecule is COC(=O)CCN(C(=O)Cc1csc(Cc2ccccc2)n1)C1CCCC1. The molecule has 0 radical (unpaired) electrons. The summed E-state index contributed by atoms with van der Waals surface area (Å²) in [5, 5.41) is 2.99. The minimum atomic E-state index is -0.274. The number of methoxy groups -OCH3 is 1. The van der Waals surface area contributed by atoms with E-state index in [0.717, 1.165) is 42.8 Å². The van der Waals surface area contributed by atoms with Crippen molar-refractivity contribution < 1.29 is 14.3 Å². The number of hydrogen-bond acceptors (Lipinski definition) is 5. The molecule has 0 aliphatic heterocycles. The molecule has 0 saturated heterocycles. The van der Waals surface area contributed by atoms with Gasteiger partial charge in [-0.3, -0.25) is 9.59 Å². The van der Waals surface area contributed by atoms with Crippen LogP contribution < -0.4 is 0 Å². The lowest BCUT2D eigenvalue weighted by molar-refractivity contribution is -0.142. The fourth-order valence-corrected chi connectivity index (χ4v) is 4.41. The van der Waals surface area contributed by atoms with Crippen LogP contribution in [0.1, 0.15) is 48.4 Å². The number of nitrogens with zero attached hydrogens (tertiary/aromatic N) is 2. The summed E-state index contributed by atoms with van der Waals surface area (Å²) in [7, 11) is 1.38. The van der Waals surface area contributed by atoms with Gasteiger partial charge in [0.15, 0.2) is 0 Å². The molecule has 1 fully saturated rings. The van der Waals surface area contributed by atoms with E-state index < -0.39 is 0 Å². The molecular weight excluding hydrogens is 360 g/mol. The fraction of sp³-hybridized carbons (Fsp3) is 0.476. The van der Waals surface area contributed by atoms with Crippen molar-refractivity contribution in [3.05, 3.63) is 52.0 Å². The lowest BCUT2D eigenvalue weighted by Crippen LogP contribution is -2.41. The predicted molar refractivity (Wildman–Crippen MR) is 106 cm³/mol. The Morgan fingerprint density at radius 1 is 1.22 bits per heavy atom. The van der Waals surface area contributed by atoms with Crippen molar-refractivity contribution in [2.75, 3.05) is 13.7 Å². The van der Waals surface area contributed by atoms with Gasteiger partial charge < -0.3 is 9.64 Å². The number of hydrogen-bond donors (Lipinski definition) is 0. The first kappa shape index (κ1) is 19.5. The van der Waals surface area contributed by atoms with Crippen LogP contribution in [0.3, 0.4) is 0 Å². The largest absolute Gasteiger partial charge is 0.469 e. The highest BCUT2D eigenvalue weighted by Crippen LogP contribution is 2.25. The van der Waals surface area contributed by atoms with Crippen LogP contribution >= 0.6 is 11.3 Å². The van der Waals surface area contributed by atoms with Gasteiger partial charge in [-0.05, 0) is 18.4 Å². The number of amides is 1. The van der Waals surface area contributed by atoms with Crippen molar-refractivity contribution >= 4 is 23.2 Å². The van der Waals surface area contributed by atoms with E-state index in [9.17, 15) is 9.59 Å². The maximum absolute atomic E-state index is 12.9. The second-order valence-electron chi connectivity index (χ2n) is 6.92. The van der Waals surface area contributed by atoms with Crippen LogP contribution in [0, 0.1) is 0 Å². The molecule has 1 heterocycles. The van der Waals surface area contributed by atoms with Crippen LogP contribution in [-0.2, 0) is 27.2 Å². The average molecular weight is 387 g/mol. The van der Waals surface area contributed by atoms with E-state index in [1.807, 2.05) is 28.5 Å². The second kappa shape index (κ2) is 9.65. The molecule has 144 valence electrons. The van der Waals surface area contributed by atoms with Gasteiger partial charge >= 0.3 is 5.97 Å². The number of ether oxygens (including phenoxy) is 1. The molecule has 1 aliphatic rings. The normalized spacial score (nSPS) is 14.3. The highest BCUT2D eigenvalue weighted by atomic mass is 32.1. The summed E-state index contributed by atoms with van der Waals surface area (Å²) in [6.45, 7) is 0.428. The Morgan fingerprint density at radius 3 is 2.67 bits per heavy atom. The van der Waals surface area contributed by atoms with Crippen LogP contribution in [0.25, 0.3) is 0 Å². The van der Waals surface area contributed by atoms with E-state index in [1.165, 1.54) is 12.7 Å². The van der Waals surface area contributed by atoms with Crippen molar-refractivity contribution in [1.29, 1.82) is 0 Å². The molecule has 6 heteroatoms. The Morgan fingerprint density at radius 2 is 1.96 bits per heavy atom. The number of aromatic nitrogens is 1. The number of carbonyl (C=O) groups excluding carboxylic acids is 2. The van der Waals surface area contributed by atoms with Crippen LogP contribution in [-0.4, -0.2) is 41.5 Å². The third kappa shape index (κ3) is 5.63. The van der Waals surface area contributed by atoms with Crippen molar-refractivity contribution in [2.24, 2.45) is 0 Å². The quantitative estimate of drug-likeness (QED) is 0.650. The maximum Gasteiger partial charge on any atom is 0.307 e. The van der Waals surface area contributed by atoms with Gasteiger partial charge in [-0.2, -0.15) is 0 Å². The van der Waals surface area contributed by atoms with Gasteiger partial charge in [0.25, 0.3) is 0 Å². The van der Waals surface area contributed by atoms with Crippen molar-refractivity contribution in [3.63, 3.8) is 0 Å². The first-order valence-electron chi connectivity index (χ1n) is 9.49. The molecule has 3 rings (SSSR count). The number of rotatable bonds is 8. The summed E-state index contributed by atoms with van der Waals surface area (Å²) >= 11 is 1.60. The standard InChI is InChI=1S/C21H26N2O3S/c1-26-21(25)11-12-23(18-9-5-6-10-18)20(24)14-17-15-27-19(22-17)13-16-7-3-2-4-8-16/h2-4,7-8,15,18H,5-6,9-14H2,1H3. The molecule has 0 spiro atoms. The number of benzene rings is 1. The summed E-state index contributed by atoms with van der Waals surface area (Å²) in [6, 6.07) is 10.5. The average Bonchev–Trinajstić information content (AvgIpc) is 3.35. The predicted octanol–water partition coefficient (Wildman–Crippen LogP) is 3.61. The Kier molecular flexibility index (Phi) is 6.98. The van der Waals surface area contributed by atoms with Crippen LogP contribution in [0.2, 0.25) is 0 Å². The minimum Gasteiger partial charge on any atom is -0.469 e. The highest BCUT2D eigenvalue weighted by molar-refractivity contribution is 7.09. The van der Waals surface area contributed by atoms with Gasteiger partial charge in [-0.15, -0.1) is 11.3 Å². The monoisotopic (exact) mass is 386 g/mol. The molecule has 1 aromatic carbocycles. The minimum absolute atomic E-state index is 0.0577. The van der Waals surface area contributed by atoms with E-state index in [-0.39, 0.29) is 24.3 Å². The van der Waals surface area contributed by atoms with Crippen LogP contribution in [0.4, 0.5) is 0 Å². The molecule has 2 aromatic rings. The summed E-state index contributed by atoms with van der Waals surface area (Å²) < 4.78 is 4.73. The van der Waals surface area contributed by atoms with Gasteiger partial charge in [-0.25, -0.2) is 4.98 Å². The molecule has 1 amide bonds. The Labute approximate surface area is 164 Å². The third-order valence-electron chi connectivity index (χ3n) is 5.00. The molecule has 0 unspecified atom stereocenters. The van der Waals surface area contributed by atoms with Crippen LogP contribution in [0.5, 0.6) is 0 Å². The van der Waals surface area contributed by atoms with Gasteiger partial charge in [0.1, 0.15) is 0 Å².